The summed E-state index contributed by atoms with van der Waals surface area (Å²) in [4.78, 5) is 1.17. The molecule has 1 rings (SSSR count). The zero-order valence-electron chi connectivity index (χ0n) is 11.5. The highest BCUT2D eigenvalue weighted by molar-refractivity contribution is 7.10. The van der Waals surface area contributed by atoms with E-state index in [1.807, 2.05) is 11.4 Å². The molecule has 3 nitrogen and oxygen atoms in total. The molecule has 0 aliphatic carbocycles. The number of rotatable bonds is 9. The maximum Gasteiger partial charge on any atom is 0.0810 e. The lowest BCUT2D eigenvalue weighted by molar-refractivity contribution is 0.0406. The van der Waals surface area contributed by atoms with Crippen LogP contribution in [0.2, 0.25) is 0 Å². The van der Waals surface area contributed by atoms with Gasteiger partial charge in [-0.1, -0.05) is 25.2 Å². The SMILES string of the molecule is CCCCOCCOCc1cc(C#CCCO)cs1. The van der Waals surface area contributed by atoms with Gasteiger partial charge in [0.1, 0.15) is 0 Å². The predicted octanol–water partition coefficient (Wildman–Crippen LogP) is 2.82. The standard InChI is InChI=1S/C15H22O3S/c1-2-3-8-17-9-10-18-12-15-11-14(13-19-15)6-4-5-7-16/h11,13,16H,2-3,5,7-10,12H2,1H3. The monoisotopic (exact) mass is 282 g/mol. The predicted molar refractivity (Wildman–Crippen MR) is 78.3 cm³/mol. The van der Waals surface area contributed by atoms with Crippen LogP contribution in [0.5, 0.6) is 0 Å². The number of aliphatic hydroxyl groups excluding tert-OH is 1. The number of unbranched alkanes of at least 4 members (excludes halogenated alkanes) is 1. The second-order valence-corrected chi connectivity index (χ2v) is 5.09. The lowest BCUT2D eigenvalue weighted by atomic mass is 10.3. The number of ether oxygens (including phenoxy) is 2. The van der Waals surface area contributed by atoms with Gasteiger partial charge in [0.25, 0.3) is 0 Å². The maximum atomic E-state index is 8.64. The third kappa shape index (κ3) is 8.02. The molecule has 0 aliphatic rings. The molecule has 1 aromatic heterocycles. The van der Waals surface area contributed by atoms with Gasteiger partial charge in [-0.2, -0.15) is 0 Å². The van der Waals surface area contributed by atoms with E-state index in [1.54, 1.807) is 11.3 Å². The Balaban J connectivity index is 2.11. The summed E-state index contributed by atoms with van der Waals surface area (Å²) in [5, 5.41) is 10.7. The van der Waals surface area contributed by atoms with E-state index in [4.69, 9.17) is 14.6 Å². The van der Waals surface area contributed by atoms with Crippen LogP contribution in [0.1, 0.15) is 36.6 Å². The van der Waals surface area contributed by atoms with E-state index in [2.05, 4.69) is 18.8 Å². The molecule has 106 valence electrons. The normalized spacial score (nSPS) is 10.2. The van der Waals surface area contributed by atoms with E-state index in [0.29, 0.717) is 26.2 Å². The summed E-state index contributed by atoms with van der Waals surface area (Å²) in [7, 11) is 0. The van der Waals surface area contributed by atoms with Crippen molar-refractivity contribution in [3.05, 3.63) is 21.9 Å². The Morgan fingerprint density at radius 2 is 2.11 bits per heavy atom. The summed E-state index contributed by atoms with van der Waals surface area (Å²) < 4.78 is 11.0. The number of hydrogen-bond donors (Lipinski definition) is 1. The van der Waals surface area contributed by atoms with Gasteiger partial charge in [0.15, 0.2) is 0 Å². The van der Waals surface area contributed by atoms with Crippen molar-refractivity contribution < 1.29 is 14.6 Å². The molecule has 0 saturated heterocycles. The van der Waals surface area contributed by atoms with Crippen LogP contribution < -0.4 is 0 Å². The van der Waals surface area contributed by atoms with Crippen molar-refractivity contribution in [2.45, 2.75) is 32.8 Å². The first-order chi connectivity index (χ1) is 9.36. The Labute approximate surface area is 119 Å². The van der Waals surface area contributed by atoms with Crippen molar-refractivity contribution >= 4 is 11.3 Å². The summed E-state index contributed by atoms with van der Waals surface area (Å²) in [5.74, 6) is 5.92. The highest BCUT2D eigenvalue weighted by atomic mass is 32.1. The van der Waals surface area contributed by atoms with E-state index >= 15 is 0 Å². The minimum absolute atomic E-state index is 0.116. The van der Waals surface area contributed by atoms with Gasteiger partial charge in [0.2, 0.25) is 0 Å². The van der Waals surface area contributed by atoms with Gasteiger partial charge in [-0.25, -0.2) is 0 Å². The van der Waals surface area contributed by atoms with Crippen molar-refractivity contribution in [1.29, 1.82) is 0 Å². The first-order valence-electron chi connectivity index (χ1n) is 6.69. The van der Waals surface area contributed by atoms with Crippen LogP contribution in [0.3, 0.4) is 0 Å². The Morgan fingerprint density at radius 1 is 1.26 bits per heavy atom. The van der Waals surface area contributed by atoms with Crippen molar-refractivity contribution in [3.8, 4) is 11.8 Å². The van der Waals surface area contributed by atoms with Crippen LogP contribution in [0, 0.1) is 11.8 Å². The average Bonchev–Trinajstić information content (AvgIpc) is 2.86. The fraction of sp³-hybridized carbons (Fsp3) is 0.600. The van der Waals surface area contributed by atoms with Gasteiger partial charge in [0, 0.05) is 28.8 Å². The Bertz CT molecular complexity index is 390. The van der Waals surface area contributed by atoms with E-state index in [-0.39, 0.29) is 6.61 Å². The average molecular weight is 282 g/mol. The second-order valence-electron chi connectivity index (χ2n) is 4.10. The zero-order valence-corrected chi connectivity index (χ0v) is 12.3. The molecule has 1 aromatic rings. The lowest BCUT2D eigenvalue weighted by Gasteiger charge is -2.03. The molecule has 0 unspecified atom stereocenters. The van der Waals surface area contributed by atoms with Crippen molar-refractivity contribution in [2.24, 2.45) is 0 Å². The van der Waals surface area contributed by atoms with Gasteiger partial charge in [0.05, 0.1) is 26.4 Å². The molecule has 4 heteroatoms. The summed E-state index contributed by atoms with van der Waals surface area (Å²) >= 11 is 1.65. The maximum absolute atomic E-state index is 8.64. The highest BCUT2D eigenvalue weighted by Crippen LogP contribution is 2.14. The third-order valence-electron chi connectivity index (χ3n) is 2.38. The molecule has 0 atom stereocenters. The van der Waals surface area contributed by atoms with Gasteiger partial charge in [-0.15, -0.1) is 11.3 Å². The molecule has 0 fully saturated rings. The largest absolute Gasteiger partial charge is 0.395 e. The van der Waals surface area contributed by atoms with Crippen LogP contribution >= 0.6 is 11.3 Å². The van der Waals surface area contributed by atoms with Gasteiger partial charge in [-0.3, -0.25) is 0 Å². The Morgan fingerprint density at radius 3 is 2.89 bits per heavy atom. The number of thiophene rings is 1. The molecule has 0 radical (unpaired) electrons. The molecule has 0 bridgehead atoms. The second kappa shape index (κ2) is 11.0. The minimum atomic E-state index is 0.116. The van der Waals surface area contributed by atoms with Crippen LogP contribution in [0.4, 0.5) is 0 Å². The van der Waals surface area contributed by atoms with Gasteiger partial charge >= 0.3 is 0 Å². The third-order valence-corrected chi connectivity index (χ3v) is 3.29. The van der Waals surface area contributed by atoms with Crippen LogP contribution in [0.15, 0.2) is 11.4 Å². The lowest BCUT2D eigenvalue weighted by Crippen LogP contribution is -2.04. The molecule has 0 amide bonds. The smallest absolute Gasteiger partial charge is 0.0810 e. The van der Waals surface area contributed by atoms with E-state index in [0.717, 1.165) is 25.0 Å². The quantitative estimate of drug-likeness (QED) is 0.559. The molecule has 0 spiro atoms. The van der Waals surface area contributed by atoms with Crippen molar-refractivity contribution in [2.75, 3.05) is 26.4 Å². The van der Waals surface area contributed by atoms with Crippen LogP contribution in [-0.2, 0) is 16.1 Å². The summed E-state index contributed by atoms with van der Waals surface area (Å²) in [6, 6.07) is 2.03. The van der Waals surface area contributed by atoms with E-state index < -0.39 is 0 Å². The minimum Gasteiger partial charge on any atom is -0.395 e. The van der Waals surface area contributed by atoms with Crippen molar-refractivity contribution in [1.82, 2.24) is 0 Å². The molecular weight excluding hydrogens is 260 g/mol. The van der Waals surface area contributed by atoms with E-state index in [1.165, 1.54) is 4.88 Å². The first-order valence-corrected chi connectivity index (χ1v) is 7.57. The molecular formula is C15H22O3S. The molecule has 0 aromatic carbocycles. The van der Waals surface area contributed by atoms with E-state index in [9.17, 15) is 0 Å². The molecule has 1 N–H and O–H groups in total. The highest BCUT2D eigenvalue weighted by Gasteiger charge is 1.98. The Kier molecular flexibility index (Phi) is 9.38. The zero-order chi connectivity index (χ0) is 13.8. The van der Waals surface area contributed by atoms with Gasteiger partial charge < -0.3 is 14.6 Å². The summed E-state index contributed by atoms with van der Waals surface area (Å²) in [6.07, 6.45) is 2.80. The molecule has 1 heterocycles. The Hall–Kier alpha value is -0.860. The number of aliphatic hydroxyl groups is 1. The van der Waals surface area contributed by atoms with Gasteiger partial charge in [-0.05, 0) is 12.5 Å². The van der Waals surface area contributed by atoms with Crippen LogP contribution in [-0.4, -0.2) is 31.5 Å². The summed E-state index contributed by atoms with van der Waals surface area (Å²) in [6.45, 7) is 5.00. The fourth-order valence-corrected chi connectivity index (χ4v) is 2.13. The van der Waals surface area contributed by atoms with Crippen molar-refractivity contribution in [3.63, 3.8) is 0 Å². The summed E-state index contributed by atoms with van der Waals surface area (Å²) in [5.41, 5.74) is 0.997. The molecule has 19 heavy (non-hydrogen) atoms. The van der Waals surface area contributed by atoms with Crippen LogP contribution in [0.25, 0.3) is 0 Å². The first kappa shape index (κ1) is 16.2. The number of hydrogen-bond acceptors (Lipinski definition) is 4. The molecule has 0 aliphatic heterocycles. The topological polar surface area (TPSA) is 38.7 Å². The molecule has 0 saturated carbocycles. The fourth-order valence-electron chi connectivity index (χ4n) is 1.38.